The van der Waals surface area contributed by atoms with Gasteiger partial charge in [0, 0.05) is 18.3 Å². The number of nitrogens with one attached hydrogen (secondary N) is 1. The van der Waals surface area contributed by atoms with Gasteiger partial charge >= 0.3 is 0 Å². The summed E-state index contributed by atoms with van der Waals surface area (Å²) in [6.07, 6.45) is 0.904. The normalized spacial score (nSPS) is 12.2. The van der Waals surface area contributed by atoms with Crippen molar-refractivity contribution in [3.63, 3.8) is 0 Å². The number of aromatic nitrogens is 1. The molecule has 0 saturated carbocycles. The van der Waals surface area contributed by atoms with Crippen LogP contribution in [-0.4, -0.2) is 22.5 Å². The summed E-state index contributed by atoms with van der Waals surface area (Å²) >= 11 is 1.37. The highest BCUT2D eigenvalue weighted by atomic mass is 32.1. The first-order valence-corrected chi connectivity index (χ1v) is 6.88. The fourth-order valence-corrected chi connectivity index (χ4v) is 2.38. The molecule has 0 aliphatic heterocycles. The molecule has 1 aromatic heterocycles. The van der Waals surface area contributed by atoms with Gasteiger partial charge in [0.1, 0.15) is 6.10 Å². The first kappa shape index (κ1) is 13.7. The Kier molecular flexibility index (Phi) is 4.29. The first-order valence-electron chi connectivity index (χ1n) is 6.00. The average Bonchev–Trinajstić information content (AvgIpc) is 2.93. The van der Waals surface area contributed by atoms with Crippen LogP contribution in [0.5, 0.6) is 0 Å². The van der Waals surface area contributed by atoms with Crippen molar-refractivity contribution < 1.29 is 9.90 Å². The van der Waals surface area contributed by atoms with Crippen LogP contribution in [0.4, 0.5) is 0 Å². The Bertz CT molecular complexity index is 567. The minimum atomic E-state index is -0.707. The molecule has 100 valence electrons. The van der Waals surface area contributed by atoms with Crippen LogP contribution in [-0.2, 0) is 0 Å². The summed E-state index contributed by atoms with van der Waals surface area (Å²) in [6, 6.07) is 5.62. The molecule has 0 aliphatic carbocycles. The second-order valence-corrected chi connectivity index (χ2v) is 5.30. The summed E-state index contributed by atoms with van der Waals surface area (Å²) in [5, 5.41) is 12.6. The second-order valence-electron chi connectivity index (χ2n) is 4.38. The lowest BCUT2D eigenvalue weighted by Crippen LogP contribution is -2.28. The van der Waals surface area contributed by atoms with Crippen LogP contribution in [0.15, 0.2) is 29.9 Å². The van der Waals surface area contributed by atoms with Crippen molar-refractivity contribution in [2.75, 3.05) is 6.54 Å². The van der Waals surface area contributed by atoms with E-state index in [1.165, 1.54) is 11.3 Å². The number of hydrogen-bond donors (Lipinski definition) is 2. The lowest BCUT2D eigenvalue weighted by atomic mass is 10.0. The minimum absolute atomic E-state index is 0.162. The summed E-state index contributed by atoms with van der Waals surface area (Å²) in [5.74, 6) is -0.162. The van der Waals surface area contributed by atoms with Gasteiger partial charge in [-0.1, -0.05) is 12.1 Å². The van der Waals surface area contributed by atoms with Gasteiger partial charge in [0.25, 0.3) is 5.91 Å². The zero-order valence-corrected chi connectivity index (χ0v) is 11.7. The van der Waals surface area contributed by atoms with E-state index >= 15 is 0 Å². The predicted octanol–water partition coefficient (Wildman–Crippen LogP) is 2.22. The second kappa shape index (κ2) is 5.95. The van der Waals surface area contributed by atoms with Crippen LogP contribution in [0.3, 0.4) is 0 Å². The van der Waals surface area contributed by atoms with Crippen LogP contribution >= 0.6 is 11.3 Å². The fraction of sp³-hybridized carbons (Fsp3) is 0.286. The van der Waals surface area contributed by atoms with Gasteiger partial charge in [0.2, 0.25) is 0 Å². The first-order chi connectivity index (χ1) is 9.09. The van der Waals surface area contributed by atoms with Crippen LogP contribution in [0.2, 0.25) is 0 Å². The molecule has 1 aromatic carbocycles. The van der Waals surface area contributed by atoms with E-state index in [2.05, 4.69) is 10.3 Å². The molecule has 0 bridgehead atoms. The molecule has 1 heterocycles. The third-order valence-electron chi connectivity index (χ3n) is 3.09. The molecule has 0 saturated heterocycles. The van der Waals surface area contributed by atoms with E-state index in [-0.39, 0.29) is 12.5 Å². The molecule has 1 unspecified atom stereocenters. The number of carbonyl (C=O) groups excluding carboxylic acids is 1. The highest BCUT2D eigenvalue weighted by molar-refractivity contribution is 7.09. The van der Waals surface area contributed by atoms with Crippen molar-refractivity contribution >= 4 is 17.2 Å². The van der Waals surface area contributed by atoms with E-state index in [0.29, 0.717) is 5.56 Å². The number of benzene rings is 1. The number of carbonyl (C=O) groups is 1. The maximum atomic E-state index is 12.1. The number of aryl methyl sites for hydroxylation is 1. The molecular formula is C14H16N2O2S. The Labute approximate surface area is 116 Å². The van der Waals surface area contributed by atoms with Gasteiger partial charge < -0.3 is 10.4 Å². The highest BCUT2D eigenvalue weighted by Gasteiger charge is 2.13. The maximum Gasteiger partial charge on any atom is 0.251 e. The number of hydrogen-bond acceptors (Lipinski definition) is 4. The molecule has 2 rings (SSSR count). The van der Waals surface area contributed by atoms with E-state index in [4.69, 9.17) is 0 Å². The maximum absolute atomic E-state index is 12.1. The summed E-state index contributed by atoms with van der Waals surface area (Å²) in [5.41, 5.74) is 4.35. The Morgan fingerprint density at radius 2 is 2.26 bits per heavy atom. The molecule has 2 aromatic rings. The number of aliphatic hydroxyl groups excluding tert-OH is 1. The Morgan fingerprint density at radius 3 is 2.95 bits per heavy atom. The van der Waals surface area contributed by atoms with Gasteiger partial charge in [-0.25, -0.2) is 0 Å². The van der Waals surface area contributed by atoms with Crippen LogP contribution in [0, 0.1) is 13.8 Å². The summed E-state index contributed by atoms with van der Waals surface area (Å²) in [4.78, 5) is 16.7. The third-order valence-corrected chi connectivity index (χ3v) is 3.96. The minimum Gasteiger partial charge on any atom is -0.386 e. The topological polar surface area (TPSA) is 62.2 Å². The molecule has 4 nitrogen and oxygen atoms in total. The third kappa shape index (κ3) is 3.19. The number of nitrogens with zero attached hydrogens (tertiary/aromatic N) is 1. The molecular weight excluding hydrogens is 260 g/mol. The molecule has 0 aliphatic rings. The summed E-state index contributed by atoms with van der Waals surface area (Å²) in [6.45, 7) is 4.08. The number of aliphatic hydroxyl groups is 1. The van der Waals surface area contributed by atoms with Crippen molar-refractivity contribution in [2.45, 2.75) is 20.0 Å². The number of amides is 1. The average molecular weight is 276 g/mol. The van der Waals surface area contributed by atoms with E-state index in [0.717, 1.165) is 16.0 Å². The Morgan fingerprint density at radius 1 is 1.47 bits per heavy atom. The highest BCUT2D eigenvalue weighted by Crippen LogP contribution is 2.16. The van der Waals surface area contributed by atoms with E-state index in [9.17, 15) is 9.90 Å². The van der Waals surface area contributed by atoms with Gasteiger partial charge in [-0.15, -0.1) is 11.3 Å². The monoisotopic (exact) mass is 276 g/mol. The fourth-order valence-electron chi connectivity index (χ4n) is 1.77. The SMILES string of the molecule is Cc1cccc(C(=O)NCC(O)c2cncs2)c1C. The molecule has 1 atom stereocenters. The lowest BCUT2D eigenvalue weighted by Gasteiger charge is -2.12. The summed E-state index contributed by atoms with van der Waals surface area (Å²) in [7, 11) is 0. The molecule has 19 heavy (non-hydrogen) atoms. The van der Waals surface area contributed by atoms with Crippen LogP contribution < -0.4 is 5.32 Å². The number of rotatable bonds is 4. The Balaban J connectivity index is 2.00. The van der Waals surface area contributed by atoms with Gasteiger partial charge in [0.15, 0.2) is 0 Å². The van der Waals surface area contributed by atoms with E-state index in [1.807, 2.05) is 26.0 Å². The lowest BCUT2D eigenvalue weighted by molar-refractivity contribution is 0.0917. The van der Waals surface area contributed by atoms with Crippen molar-refractivity contribution in [1.29, 1.82) is 0 Å². The Hall–Kier alpha value is -1.72. The molecule has 1 amide bonds. The van der Waals surface area contributed by atoms with Crippen LogP contribution in [0.25, 0.3) is 0 Å². The zero-order valence-electron chi connectivity index (χ0n) is 10.9. The van der Waals surface area contributed by atoms with E-state index < -0.39 is 6.10 Å². The van der Waals surface area contributed by atoms with Crippen molar-refractivity contribution in [3.05, 3.63) is 51.5 Å². The predicted molar refractivity (Wildman–Crippen MR) is 75.3 cm³/mol. The standard InChI is InChI=1S/C14H16N2O2S/c1-9-4-3-5-11(10(9)2)14(18)16-6-12(17)13-7-15-8-19-13/h3-5,7-8,12,17H,6H2,1-2H3,(H,16,18). The van der Waals surface area contributed by atoms with Gasteiger partial charge in [0.05, 0.1) is 10.4 Å². The molecule has 2 N–H and O–H groups in total. The van der Waals surface area contributed by atoms with Gasteiger partial charge in [-0.2, -0.15) is 0 Å². The van der Waals surface area contributed by atoms with Gasteiger partial charge in [-0.05, 0) is 31.0 Å². The van der Waals surface area contributed by atoms with E-state index in [1.54, 1.807) is 17.8 Å². The van der Waals surface area contributed by atoms with Crippen molar-refractivity contribution in [2.24, 2.45) is 0 Å². The van der Waals surface area contributed by atoms with Crippen LogP contribution in [0.1, 0.15) is 32.5 Å². The quantitative estimate of drug-likeness (QED) is 0.900. The van der Waals surface area contributed by atoms with Crippen molar-refractivity contribution in [1.82, 2.24) is 10.3 Å². The smallest absolute Gasteiger partial charge is 0.251 e. The van der Waals surface area contributed by atoms with Crippen molar-refractivity contribution in [3.8, 4) is 0 Å². The molecule has 0 spiro atoms. The van der Waals surface area contributed by atoms with Gasteiger partial charge in [-0.3, -0.25) is 9.78 Å². The summed E-state index contributed by atoms with van der Waals surface area (Å²) < 4.78 is 0. The molecule has 5 heteroatoms. The molecule has 0 fully saturated rings. The number of thiazole rings is 1. The largest absolute Gasteiger partial charge is 0.386 e. The zero-order chi connectivity index (χ0) is 13.8. The molecule has 0 radical (unpaired) electrons.